The number of ether oxygens (including phenoxy) is 2. The van der Waals surface area contributed by atoms with E-state index in [4.69, 9.17) is 31.2 Å². The molecule has 0 radical (unpaired) electrons. The van der Waals surface area contributed by atoms with Crippen LogP contribution in [0.25, 0.3) is 0 Å². The number of nitrogens with one attached hydrogen (secondary N) is 1. The van der Waals surface area contributed by atoms with Crippen molar-refractivity contribution in [1.29, 1.82) is 0 Å². The van der Waals surface area contributed by atoms with Gasteiger partial charge in [-0.25, -0.2) is 0 Å². The number of furan rings is 1. The molecule has 0 unspecified atom stereocenters. The van der Waals surface area contributed by atoms with Gasteiger partial charge in [-0.2, -0.15) is 0 Å². The summed E-state index contributed by atoms with van der Waals surface area (Å²) in [5.74, 6) is 1.08. The van der Waals surface area contributed by atoms with Gasteiger partial charge in [0.2, 0.25) is 0 Å². The molecular weight excluding hydrogens is 355 g/mol. The molecule has 0 aliphatic carbocycles. The molecule has 1 amide bonds. The Balaban J connectivity index is 0.00000288. The smallest absolute Gasteiger partial charge is 0.255 e. The Bertz CT molecular complexity index is 648. The number of carbonyl (C=O) groups is 1. The highest BCUT2D eigenvalue weighted by Crippen LogP contribution is 2.36. The van der Waals surface area contributed by atoms with Crippen molar-refractivity contribution in [2.45, 2.75) is 20.0 Å². The normalized spacial score (nSPS) is 10.1. The molecule has 24 heavy (non-hydrogen) atoms. The monoisotopic (exact) mass is 373 g/mol. The second-order valence-corrected chi connectivity index (χ2v) is 5.18. The number of carbonyl (C=O) groups excluding carboxylic acids is 1. The van der Waals surface area contributed by atoms with Crippen LogP contribution < -0.4 is 32.9 Å². The van der Waals surface area contributed by atoms with Crippen molar-refractivity contribution in [1.82, 2.24) is 5.32 Å². The zero-order valence-electron chi connectivity index (χ0n) is 13.2. The fourth-order valence-corrected chi connectivity index (χ4v) is 2.30. The van der Waals surface area contributed by atoms with Gasteiger partial charge in [0.1, 0.15) is 5.76 Å². The third-order valence-corrected chi connectivity index (χ3v) is 3.22. The van der Waals surface area contributed by atoms with Crippen molar-refractivity contribution >= 4 is 17.5 Å². The van der Waals surface area contributed by atoms with Crippen molar-refractivity contribution in [3.8, 4) is 11.5 Å². The quantitative estimate of drug-likeness (QED) is 0.618. The molecule has 1 aromatic heterocycles. The minimum absolute atomic E-state index is 0. The van der Waals surface area contributed by atoms with Crippen LogP contribution in [0.4, 0.5) is 0 Å². The van der Waals surface area contributed by atoms with Gasteiger partial charge in [-0.1, -0.05) is 11.6 Å². The van der Waals surface area contributed by atoms with E-state index in [1.807, 2.05) is 25.1 Å². The lowest BCUT2D eigenvalue weighted by atomic mass is 10.2. The van der Waals surface area contributed by atoms with Crippen LogP contribution in [0.15, 0.2) is 34.9 Å². The van der Waals surface area contributed by atoms with E-state index < -0.39 is 5.91 Å². The van der Waals surface area contributed by atoms with Crippen LogP contribution in [0.3, 0.4) is 0 Å². The van der Waals surface area contributed by atoms with Crippen LogP contribution in [0.2, 0.25) is 5.02 Å². The number of benzene rings is 1. The molecule has 2 rings (SSSR count). The van der Waals surface area contributed by atoms with E-state index in [0.29, 0.717) is 36.2 Å². The van der Waals surface area contributed by atoms with Crippen molar-refractivity contribution in [3.05, 3.63) is 46.9 Å². The summed E-state index contributed by atoms with van der Waals surface area (Å²) in [7, 11) is 0. The molecule has 0 aliphatic rings. The number of halogens is 2. The zero-order valence-corrected chi connectivity index (χ0v) is 14.7. The third kappa shape index (κ3) is 5.96. The van der Waals surface area contributed by atoms with Crippen LogP contribution in [-0.2, 0) is 17.9 Å². The molecule has 1 heterocycles. The lowest BCUT2D eigenvalue weighted by Gasteiger charge is -2.14. The summed E-state index contributed by atoms with van der Waals surface area (Å²) in [4.78, 5) is 10.9. The fraction of sp³-hybridized carbons (Fsp3) is 0.312. The molecule has 0 spiro atoms. The van der Waals surface area contributed by atoms with Crippen LogP contribution in [0.1, 0.15) is 18.2 Å². The first-order valence-corrected chi connectivity index (χ1v) is 7.57. The Labute approximate surface area is 151 Å². The molecule has 0 saturated heterocycles. The van der Waals surface area contributed by atoms with Crippen molar-refractivity contribution < 1.29 is 31.1 Å². The topological polar surface area (TPSA) is 86.7 Å². The summed E-state index contributed by atoms with van der Waals surface area (Å²) >= 11 is 6.23. The molecule has 132 valence electrons. The maximum Gasteiger partial charge on any atom is 0.255 e. The molecule has 3 N–H and O–H groups in total. The maximum atomic E-state index is 10.9. The van der Waals surface area contributed by atoms with Gasteiger partial charge in [0, 0.05) is 6.54 Å². The van der Waals surface area contributed by atoms with Gasteiger partial charge in [-0.15, -0.1) is 0 Å². The molecule has 2 aromatic rings. The summed E-state index contributed by atoms with van der Waals surface area (Å²) in [6.07, 6.45) is 1.63. The molecule has 8 heteroatoms. The van der Waals surface area contributed by atoms with E-state index in [1.165, 1.54) is 0 Å². The summed E-state index contributed by atoms with van der Waals surface area (Å²) in [6, 6.07) is 7.31. The Kier molecular flexibility index (Phi) is 8.46. The average molecular weight is 374 g/mol. The number of amides is 1. The van der Waals surface area contributed by atoms with Gasteiger partial charge in [-0.05, 0) is 36.8 Å². The van der Waals surface area contributed by atoms with Crippen LogP contribution in [-0.4, -0.2) is 19.1 Å². The van der Waals surface area contributed by atoms with Gasteiger partial charge in [0.25, 0.3) is 5.91 Å². The molecule has 0 aliphatic heterocycles. The van der Waals surface area contributed by atoms with Crippen molar-refractivity contribution in [3.63, 3.8) is 0 Å². The van der Waals surface area contributed by atoms with Gasteiger partial charge in [0.15, 0.2) is 18.1 Å². The number of hydrogen-bond donors (Lipinski definition) is 2. The van der Waals surface area contributed by atoms with E-state index in [1.54, 1.807) is 12.3 Å². The second-order valence-electron chi connectivity index (χ2n) is 4.78. The summed E-state index contributed by atoms with van der Waals surface area (Å²) < 4.78 is 16.1. The molecule has 1 aromatic carbocycles. The van der Waals surface area contributed by atoms with Gasteiger partial charge in [0.05, 0.1) is 24.4 Å². The Morgan fingerprint density at radius 2 is 2.12 bits per heavy atom. The van der Waals surface area contributed by atoms with Crippen LogP contribution in [0.5, 0.6) is 11.5 Å². The standard InChI is InChI=1S/C16H19ClN2O4.ClH/c1-2-21-14-7-11(8-19-9-12-4-3-5-22-12)6-13(17)16(14)23-10-15(18)20;/h3-7,19H,2,8-10H2,1H3,(H2,18,20);1H/p-1. The largest absolute Gasteiger partial charge is 1.00 e. The number of hydrogen-bond acceptors (Lipinski definition) is 5. The first kappa shape index (κ1) is 20.2. The Hall–Kier alpha value is -1.89. The molecule has 6 nitrogen and oxygen atoms in total. The van der Waals surface area contributed by atoms with Gasteiger partial charge < -0.3 is 37.3 Å². The van der Waals surface area contributed by atoms with E-state index in [0.717, 1.165) is 11.3 Å². The first-order chi connectivity index (χ1) is 11.1. The first-order valence-electron chi connectivity index (χ1n) is 7.19. The molecule has 0 fully saturated rings. The van der Waals surface area contributed by atoms with E-state index >= 15 is 0 Å². The lowest BCUT2D eigenvalue weighted by molar-refractivity contribution is -0.119. The maximum absolute atomic E-state index is 10.9. The lowest BCUT2D eigenvalue weighted by Crippen LogP contribution is -3.00. The number of primary amides is 1. The summed E-state index contributed by atoms with van der Waals surface area (Å²) in [5.41, 5.74) is 6.02. The highest BCUT2D eigenvalue weighted by atomic mass is 35.5. The molecule has 0 bridgehead atoms. The SMILES string of the molecule is CCOc1cc(CNCc2ccco2)cc(Cl)c1OCC(N)=O.[Cl-]. The van der Waals surface area contributed by atoms with Gasteiger partial charge in [-0.3, -0.25) is 4.79 Å². The van der Waals surface area contributed by atoms with E-state index in [-0.39, 0.29) is 19.0 Å². The minimum Gasteiger partial charge on any atom is -1.00 e. The highest BCUT2D eigenvalue weighted by molar-refractivity contribution is 6.32. The van der Waals surface area contributed by atoms with Gasteiger partial charge >= 0.3 is 0 Å². The summed E-state index contributed by atoms with van der Waals surface area (Å²) in [5, 5.41) is 3.62. The molecular formula is C16H19Cl2N2O4-. The second kappa shape index (κ2) is 10.1. The fourth-order valence-electron chi connectivity index (χ4n) is 2.01. The predicted octanol–water partition coefficient (Wildman–Crippen LogP) is -0.510. The van der Waals surface area contributed by atoms with Crippen molar-refractivity contribution in [2.24, 2.45) is 5.73 Å². The molecule has 0 atom stereocenters. The van der Waals surface area contributed by atoms with Crippen molar-refractivity contribution in [2.75, 3.05) is 13.2 Å². The van der Waals surface area contributed by atoms with E-state index in [9.17, 15) is 4.79 Å². The highest BCUT2D eigenvalue weighted by Gasteiger charge is 2.13. The third-order valence-electron chi connectivity index (χ3n) is 2.94. The Morgan fingerprint density at radius 3 is 2.75 bits per heavy atom. The minimum atomic E-state index is -0.576. The zero-order chi connectivity index (χ0) is 16.7. The van der Waals surface area contributed by atoms with Crippen LogP contribution >= 0.6 is 11.6 Å². The predicted molar refractivity (Wildman–Crippen MR) is 86.6 cm³/mol. The van der Waals surface area contributed by atoms with E-state index in [2.05, 4.69) is 5.32 Å². The number of nitrogens with two attached hydrogens (primary N) is 1. The Morgan fingerprint density at radius 1 is 1.33 bits per heavy atom. The average Bonchev–Trinajstić information content (AvgIpc) is 3.00. The summed E-state index contributed by atoms with van der Waals surface area (Å²) in [6.45, 7) is 3.24. The molecule has 0 saturated carbocycles. The van der Waals surface area contributed by atoms with Crippen LogP contribution in [0, 0.1) is 0 Å². The number of rotatable bonds is 9.